The van der Waals surface area contributed by atoms with E-state index in [9.17, 15) is 4.39 Å². The summed E-state index contributed by atoms with van der Waals surface area (Å²) in [6.45, 7) is 1.97. The third kappa shape index (κ3) is 2.46. The van der Waals surface area contributed by atoms with Crippen LogP contribution < -0.4 is 5.73 Å². The number of nitrogens with zero attached hydrogens (tertiary/aromatic N) is 2. The molecule has 0 saturated heterocycles. The summed E-state index contributed by atoms with van der Waals surface area (Å²) in [5.41, 5.74) is 8.39. The molecule has 0 aliphatic carbocycles. The van der Waals surface area contributed by atoms with E-state index in [1.807, 2.05) is 30.8 Å². The molecule has 2 aromatic heterocycles. The van der Waals surface area contributed by atoms with Crippen LogP contribution in [0.2, 0.25) is 0 Å². The molecule has 20 heavy (non-hydrogen) atoms. The molecule has 3 aromatic rings. The highest BCUT2D eigenvalue weighted by molar-refractivity contribution is 7.19. The number of thiophene rings is 1. The standard InChI is InChI=1S/C15H16FN3S/c1-9-5-12(19(2)18-9)8-13(17)15-6-10-3-4-11(16)7-14(10)20-15/h3-7,13H,8,17H2,1-2H3. The Morgan fingerprint density at radius 3 is 2.85 bits per heavy atom. The van der Waals surface area contributed by atoms with Gasteiger partial charge in [-0.15, -0.1) is 11.3 Å². The van der Waals surface area contributed by atoms with Crippen LogP contribution in [0.3, 0.4) is 0 Å². The zero-order valence-electron chi connectivity index (χ0n) is 11.4. The van der Waals surface area contributed by atoms with Crippen LogP contribution >= 0.6 is 11.3 Å². The van der Waals surface area contributed by atoms with Crippen molar-refractivity contribution in [1.29, 1.82) is 0 Å². The van der Waals surface area contributed by atoms with Crippen molar-refractivity contribution in [2.75, 3.05) is 0 Å². The lowest BCUT2D eigenvalue weighted by Gasteiger charge is -2.09. The number of fused-ring (bicyclic) bond motifs is 1. The van der Waals surface area contributed by atoms with E-state index in [0.717, 1.165) is 32.8 Å². The molecule has 0 saturated carbocycles. The molecular formula is C15H16FN3S. The highest BCUT2D eigenvalue weighted by Gasteiger charge is 2.14. The Bertz CT molecular complexity index is 760. The van der Waals surface area contributed by atoms with Gasteiger partial charge in [0.05, 0.1) is 5.69 Å². The summed E-state index contributed by atoms with van der Waals surface area (Å²) in [7, 11) is 1.93. The fourth-order valence-corrected chi connectivity index (χ4v) is 3.48. The van der Waals surface area contributed by atoms with Gasteiger partial charge in [-0.25, -0.2) is 4.39 Å². The average Bonchev–Trinajstić information content (AvgIpc) is 2.92. The molecule has 3 nitrogen and oxygen atoms in total. The molecule has 0 aliphatic rings. The van der Waals surface area contributed by atoms with Gasteiger partial charge < -0.3 is 5.73 Å². The molecule has 104 valence electrons. The summed E-state index contributed by atoms with van der Waals surface area (Å²) < 4.78 is 16.0. The Balaban J connectivity index is 1.88. The van der Waals surface area contributed by atoms with Crippen LogP contribution in [0.15, 0.2) is 30.3 Å². The molecule has 1 atom stereocenters. The van der Waals surface area contributed by atoms with E-state index in [2.05, 4.69) is 5.10 Å². The molecule has 1 unspecified atom stereocenters. The van der Waals surface area contributed by atoms with Crippen LogP contribution in [0.5, 0.6) is 0 Å². The van der Waals surface area contributed by atoms with Crippen LogP contribution in [-0.4, -0.2) is 9.78 Å². The SMILES string of the molecule is Cc1cc(CC(N)c2cc3ccc(F)cc3s2)n(C)n1. The molecular weight excluding hydrogens is 273 g/mol. The third-order valence-electron chi connectivity index (χ3n) is 3.39. The minimum absolute atomic E-state index is 0.0924. The first kappa shape index (κ1) is 13.3. The van der Waals surface area contributed by atoms with E-state index in [1.165, 1.54) is 6.07 Å². The Morgan fingerprint density at radius 1 is 1.35 bits per heavy atom. The zero-order chi connectivity index (χ0) is 14.3. The van der Waals surface area contributed by atoms with Gasteiger partial charge in [0.2, 0.25) is 0 Å². The van der Waals surface area contributed by atoms with Gasteiger partial charge in [-0.05, 0) is 36.6 Å². The van der Waals surface area contributed by atoms with E-state index in [4.69, 9.17) is 5.73 Å². The molecule has 0 amide bonds. The van der Waals surface area contributed by atoms with Crippen molar-refractivity contribution in [2.45, 2.75) is 19.4 Å². The van der Waals surface area contributed by atoms with Gasteiger partial charge in [-0.2, -0.15) is 5.10 Å². The largest absolute Gasteiger partial charge is 0.323 e. The summed E-state index contributed by atoms with van der Waals surface area (Å²) in [4.78, 5) is 1.07. The van der Waals surface area contributed by atoms with Gasteiger partial charge in [-0.3, -0.25) is 4.68 Å². The predicted molar refractivity (Wildman–Crippen MR) is 80.4 cm³/mol. The summed E-state index contributed by atoms with van der Waals surface area (Å²) in [6, 6.07) is 8.84. The second-order valence-corrected chi connectivity index (χ2v) is 6.16. The number of halogens is 1. The smallest absolute Gasteiger partial charge is 0.124 e. The van der Waals surface area contributed by atoms with Gasteiger partial charge in [0.25, 0.3) is 0 Å². The molecule has 0 radical (unpaired) electrons. The van der Waals surface area contributed by atoms with E-state index >= 15 is 0 Å². The Morgan fingerprint density at radius 2 is 2.15 bits per heavy atom. The predicted octanol–water partition coefficient (Wildman–Crippen LogP) is 3.32. The van der Waals surface area contributed by atoms with E-state index in [-0.39, 0.29) is 11.9 Å². The monoisotopic (exact) mass is 289 g/mol. The normalized spacial score (nSPS) is 13.0. The maximum absolute atomic E-state index is 13.2. The summed E-state index contributed by atoms with van der Waals surface area (Å²) >= 11 is 1.56. The van der Waals surface area contributed by atoms with Crippen molar-refractivity contribution >= 4 is 21.4 Å². The minimum Gasteiger partial charge on any atom is -0.323 e. The first-order valence-corrected chi connectivity index (χ1v) is 7.28. The van der Waals surface area contributed by atoms with Gasteiger partial charge >= 0.3 is 0 Å². The summed E-state index contributed by atoms with van der Waals surface area (Å²) in [5.74, 6) is -0.207. The number of nitrogens with two attached hydrogens (primary N) is 1. The highest BCUT2D eigenvalue weighted by atomic mass is 32.1. The van der Waals surface area contributed by atoms with Crippen LogP contribution in [-0.2, 0) is 13.5 Å². The molecule has 0 fully saturated rings. The Labute approximate surface area is 120 Å². The van der Waals surface area contributed by atoms with E-state index < -0.39 is 0 Å². The molecule has 2 N–H and O–H groups in total. The van der Waals surface area contributed by atoms with Crippen molar-refractivity contribution in [3.8, 4) is 0 Å². The lowest BCUT2D eigenvalue weighted by molar-refractivity contribution is 0.630. The lowest BCUT2D eigenvalue weighted by atomic mass is 10.1. The first-order valence-electron chi connectivity index (χ1n) is 6.47. The zero-order valence-corrected chi connectivity index (χ0v) is 12.2. The number of hydrogen-bond acceptors (Lipinski definition) is 3. The highest BCUT2D eigenvalue weighted by Crippen LogP contribution is 2.31. The maximum atomic E-state index is 13.2. The second kappa shape index (κ2) is 5.00. The number of hydrogen-bond donors (Lipinski definition) is 1. The minimum atomic E-state index is -0.207. The molecule has 1 aromatic carbocycles. The number of aryl methyl sites for hydroxylation is 2. The molecule has 3 rings (SSSR count). The third-order valence-corrected chi connectivity index (χ3v) is 4.62. The molecule has 0 spiro atoms. The Kier molecular flexibility index (Phi) is 3.31. The maximum Gasteiger partial charge on any atom is 0.124 e. The number of benzene rings is 1. The fraction of sp³-hybridized carbons (Fsp3) is 0.267. The van der Waals surface area contributed by atoms with Crippen molar-refractivity contribution in [2.24, 2.45) is 12.8 Å². The van der Waals surface area contributed by atoms with Crippen molar-refractivity contribution < 1.29 is 4.39 Å². The topological polar surface area (TPSA) is 43.8 Å². The fourth-order valence-electron chi connectivity index (χ4n) is 2.39. The van der Waals surface area contributed by atoms with Crippen LogP contribution in [0.1, 0.15) is 22.3 Å². The summed E-state index contributed by atoms with van der Waals surface area (Å²) in [6.07, 6.45) is 0.729. The van der Waals surface area contributed by atoms with Crippen LogP contribution in [0.4, 0.5) is 4.39 Å². The van der Waals surface area contributed by atoms with E-state index in [0.29, 0.717) is 0 Å². The molecule has 0 bridgehead atoms. The Hall–Kier alpha value is -1.72. The molecule has 5 heteroatoms. The van der Waals surface area contributed by atoms with Crippen LogP contribution in [0.25, 0.3) is 10.1 Å². The van der Waals surface area contributed by atoms with Gasteiger partial charge in [0.15, 0.2) is 0 Å². The number of rotatable bonds is 3. The van der Waals surface area contributed by atoms with E-state index in [1.54, 1.807) is 23.5 Å². The number of aromatic nitrogens is 2. The summed E-state index contributed by atoms with van der Waals surface area (Å²) in [5, 5.41) is 5.37. The van der Waals surface area contributed by atoms with Crippen molar-refractivity contribution in [3.63, 3.8) is 0 Å². The van der Waals surface area contributed by atoms with Gasteiger partial charge in [0, 0.05) is 34.8 Å². The van der Waals surface area contributed by atoms with Crippen molar-refractivity contribution in [1.82, 2.24) is 9.78 Å². The lowest BCUT2D eigenvalue weighted by Crippen LogP contribution is -2.14. The first-order chi connectivity index (χ1) is 9.52. The van der Waals surface area contributed by atoms with Crippen LogP contribution in [0, 0.1) is 12.7 Å². The van der Waals surface area contributed by atoms with Gasteiger partial charge in [-0.1, -0.05) is 6.07 Å². The second-order valence-electron chi connectivity index (χ2n) is 5.04. The van der Waals surface area contributed by atoms with Crippen molar-refractivity contribution in [3.05, 3.63) is 52.4 Å². The molecule has 2 heterocycles. The average molecular weight is 289 g/mol. The van der Waals surface area contributed by atoms with Gasteiger partial charge in [0.1, 0.15) is 5.82 Å². The quantitative estimate of drug-likeness (QED) is 0.804. The molecule has 0 aliphatic heterocycles.